The van der Waals surface area contributed by atoms with Gasteiger partial charge in [0.25, 0.3) is 0 Å². The average molecular weight is 274 g/mol. The third kappa shape index (κ3) is 3.66. The van der Waals surface area contributed by atoms with Gasteiger partial charge in [-0.15, -0.1) is 0 Å². The maximum Gasteiger partial charge on any atom is 0.186 e. The van der Waals surface area contributed by atoms with Gasteiger partial charge in [-0.05, 0) is 25.5 Å². The van der Waals surface area contributed by atoms with E-state index in [1.54, 1.807) is 0 Å². The molecule has 0 saturated carbocycles. The number of hydrogen-bond acceptors (Lipinski definition) is 4. The van der Waals surface area contributed by atoms with Crippen molar-refractivity contribution in [3.63, 3.8) is 0 Å². The number of benzene rings is 1. The van der Waals surface area contributed by atoms with Crippen molar-refractivity contribution >= 4 is 11.5 Å². The van der Waals surface area contributed by atoms with Crippen LogP contribution in [-0.2, 0) is 6.42 Å². The molecule has 0 aliphatic heterocycles. The summed E-state index contributed by atoms with van der Waals surface area (Å²) in [6.07, 6.45) is 1.94. The summed E-state index contributed by atoms with van der Waals surface area (Å²) >= 11 is 0. The van der Waals surface area contributed by atoms with E-state index < -0.39 is 0 Å². The standard InChI is InChI=1S/C15H19FN4/c1-3-13-14(16)15(19-10-18-13)17-9-11(2)20-12-7-5-4-6-8-12/h4-8,10-11,20H,3,9H2,1-2H3,(H,17,18,19). The number of hydrogen-bond donors (Lipinski definition) is 2. The third-order valence-electron chi connectivity index (χ3n) is 2.96. The molecule has 1 heterocycles. The number of nitrogens with zero attached hydrogens (tertiary/aromatic N) is 2. The highest BCUT2D eigenvalue weighted by atomic mass is 19.1. The lowest BCUT2D eigenvalue weighted by Crippen LogP contribution is -2.25. The maximum absolute atomic E-state index is 13.9. The van der Waals surface area contributed by atoms with Crippen LogP contribution in [-0.4, -0.2) is 22.6 Å². The molecule has 20 heavy (non-hydrogen) atoms. The van der Waals surface area contributed by atoms with Gasteiger partial charge in [-0.1, -0.05) is 25.1 Å². The molecule has 0 saturated heterocycles. The van der Waals surface area contributed by atoms with Crippen molar-refractivity contribution in [3.05, 3.63) is 48.2 Å². The lowest BCUT2D eigenvalue weighted by molar-refractivity contribution is 0.596. The SMILES string of the molecule is CCc1ncnc(NCC(C)Nc2ccccc2)c1F. The molecule has 0 amide bonds. The van der Waals surface area contributed by atoms with Gasteiger partial charge in [0.05, 0.1) is 5.69 Å². The highest BCUT2D eigenvalue weighted by molar-refractivity contribution is 5.44. The van der Waals surface area contributed by atoms with Gasteiger partial charge in [0.1, 0.15) is 6.33 Å². The molecule has 0 spiro atoms. The molecule has 106 valence electrons. The molecule has 0 fully saturated rings. The smallest absolute Gasteiger partial charge is 0.186 e. The zero-order chi connectivity index (χ0) is 14.4. The Hall–Kier alpha value is -2.17. The van der Waals surface area contributed by atoms with Crippen LogP contribution in [0.4, 0.5) is 15.9 Å². The third-order valence-corrected chi connectivity index (χ3v) is 2.96. The first-order valence-corrected chi connectivity index (χ1v) is 6.75. The number of aromatic nitrogens is 2. The molecule has 1 aromatic carbocycles. The first-order chi connectivity index (χ1) is 9.70. The molecule has 2 rings (SSSR count). The lowest BCUT2D eigenvalue weighted by Gasteiger charge is -2.16. The summed E-state index contributed by atoms with van der Waals surface area (Å²) in [7, 11) is 0. The molecule has 0 aliphatic carbocycles. The molecule has 1 atom stereocenters. The number of para-hydroxylation sites is 1. The predicted octanol–water partition coefficient (Wildman–Crippen LogP) is 3.09. The van der Waals surface area contributed by atoms with Gasteiger partial charge < -0.3 is 10.6 Å². The average Bonchev–Trinajstić information content (AvgIpc) is 2.47. The molecular weight excluding hydrogens is 255 g/mol. The Morgan fingerprint density at radius 1 is 1.20 bits per heavy atom. The second-order valence-electron chi connectivity index (χ2n) is 4.63. The fraction of sp³-hybridized carbons (Fsp3) is 0.333. The second kappa shape index (κ2) is 6.84. The lowest BCUT2D eigenvalue weighted by atomic mass is 10.2. The molecular formula is C15H19FN4. The van der Waals surface area contributed by atoms with Crippen molar-refractivity contribution in [3.8, 4) is 0 Å². The molecule has 4 nitrogen and oxygen atoms in total. The van der Waals surface area contributed by atoms with E-state index in [4.69, 9.17) is 0 Å². The molecule has 1 unspecified atom stereocenters. The Balaban J connectivity index is 1.92. The number of aryl methyl sites for hydroxylation is 1. The predicted molar refractivity (Wildman–Crippen MR) is 79.4 cm³/mol. The molecule has 5 heteroatoms. The van der Waals surface area contributed by atoms with Crippen LogP contribution in [0.1, 0.15) is 19.5 Å². The van der Waals surface area contributed by atoms with Crippen LogP contribution in [0, 0.1) is 5.82 Å². The fourth-order valence-corrected chi connectivity index (χ4v) is 1.90. The zero-order valence-corrected chi connectivity index (χ0v) is 11.7. The summed E-state index contributed by atoms with van der Waals surface area (Å²) in [4.78, 5) is 7.85. The minimum atomic E-state index is -0.359. The van der Waals surface area contributed by atoms with Gasteiger partial charge in [-0.2, -0.15) is 0 Å². The normalized spacial score (nSPS) is 11.9. The van der Waals surface area contributed by atoms with Crippen LogP contribution in [0.15, 0.2) is 36.7 Å². The van der Waals surface area contributed by atoms with E-state index in [0.717, 1.165) is 5.69 Å². The van der Waals surface area contributed by atoms with Gasteiger partial charge in [0, 0.05) is 18.3 Å². The highest BCUT2D eigenvalue weighted by Gasteiger charge is 2.10. The minimum Gasteiger partial charge on any atom is -0.381 e. The van der Waals surface area contributed by atoms with Crippen LogP contribution in [0.25, 0.3) is 0 Å². The first-order valence-electron chi connectivity index (χ1n) is 6.75. The van der Waals surface area contributed by atoms with Gasteiger partial charge in [0.2, 0.25) is 0 Å². The molecule has 0 bridgehead atoms. The van der Waals surface area contributed by atoms with Crippen molar-refractivity contribution in [2.45, 2.75) is 26.3 Å². The Morgan fingerprint density at radius 3 is 2.65 bits per heavy atom. The minimum absolute atomic E-state index is 0.150. The maximum atomic E-state index is 13.9. The van der Waals surface area contributed by atoms with Gasteiger partial charge in [-0.25, -0.2) is 14.4 Å². The second-order valence-corrected chi connectivity index (χ2v) is 4.63. The zero-order valence-electron chi connectivity index (χ0n) is 11.7. The number of anilines is 2. The monoisotopic (exact) mass is 274 g/mol. The van der Waals surface area contributed by atoms with Gasteiger partial charge in [0.15, 0.2) is 11.6 Å². The Kier molecular flexibility index (Phi) is 4.87. The van der Waals surface area contributed by atoms with E-state index >= 15 is 0 Å². The first kappa shape index (κ1) is 14.2. The Labute approximate surface area is 118 Å². The van der Waals surface area contributed by atoms with Gasteiger partial charge in [-0.3, -0.25) is 0 Å². The van der Waals surface area contributed by atoms with E-state index in [-0.39, 0.29) is 17.7 Å². The van der Waals surface area contributed by atoms with Crippen LogP contribution >= 0.6 is 0 Å². The fourth-order valence-electron chi connectivity index (χ4n) is 1.90. The van der Waals surface area contributed by atoms with Crippen LogP contribution in [0.3, 0.4) is 0 Å². The Morgan fingerprint density at radius 2 is 1.95 bits per heavy atom. The highest BCUT2D eigenvalue weighted by Crippen LogP contribution is 2.13. The number of halogens is 1. The molecule has 0 aliphatic rings. The van der Waals surface area contributed by atoms with Crippen molar-refractivity contribution < 1.29 is 4.39 Å². The van der Waals surface area contributed by atoms with E-state index in [1.807, 2.05) is 44.2 Å². The largest absolute Gasteiger partial charge is 0.381 e. The molecule has 0 radical (unpaired) electrons. The summed E-state index contributed by atoms with van der Waals surface area (Å²) < 4.78 is 13.9. The van der Waals surface area contributed by atoms with Crippen molar-refractivity contribution in [1.82, 2.24) is 9.97 Å². The van der Waals surface area contributed by atoms with Crippen molar-refractivity contribution in [1.29, 1.82) is 0 Å². The molecule has 2 aromatic rings. The van der Waals surface area contributed by atoms with E-state index in [0.29, 0.717) is 18.7 Å². The summed E-state index contributed by atoms with van der Waals surface area (Å²) in [6.45, 7) is 4.47. The van der Waals surface area contributed by atoms with Crippen molar-refractivity contribution in [2.24, 2.45) is 0 Å². The van der Waals surface area contributed by atoms with Crippen LogP contribution in [0.5, 0.6) is 0 Å². The van der Waals surface area contributed by atoms with E-state index in [1.165, 1.54) is 6.33 Å². The van der Waals surface area contributed by atoms with E-state index in [9.17, 15) is 4.39 Å². The molecule has 1 aromatic heterocycles. The summed E-state index contributed by atoms with van der Waals surface area (Å²) in [5, 5.41) is 6.35. The van der Waals surface area contributed by atoms with Crippen LogP contribution < -0.4 is 10.6 Å². The van der Waals surface area contributed by atoms with Crippen LogP contribution in [0.2, 0.25) is 0 Å². The summed E-state index contributed by atoms with van der Waals surface area (Å²) in [5.41, 5.74) is 1.48. The topological polar surface area (TPSA) is 49.8 Å². The van der Waals surface area contributed by atoms with Crippen molar-refractivity contribution in [2.75, 3.05) is 17.2 Å². The summed E-state index contributed by atoms with van der Waals surface area (Å²) in [5.74, 6) is -0.0968. The van der Waals surface area contributed by atoms with E-state index in [2.05, 4.69) is 20.6 Å². The van der Waals surface area contributed by atoms with Gasteiger partial charge >= 0.3 is 0 Å². The summed E-state index contributed by atoms with van der Waals surface area (Å²) in [6, 6.07) is 10.1. The quantitative estimate of drug-likeness (QED) is 0.850. The number of nitrogens with one attached hydrogen (secondary N) is 2. The number of rotatable bonds is 6. The molecule has 2 N–H and O–H groups in total. The Bertz CT molecular complexity index is 545.